The zero-order chi connectivity index (χ0) is 15.2. The van der Waals surface area contributed by atoms with Crippen LogP contribution in [0.15, 0.2) is 24.3 Å². The minimum atomic E-state index is -0.447. The molecule has 0 unspecified atom stereocenters. The highest BCUT2D eigenvalue weighted by molar-refractivity contribution is 5.31. The van der Waals surface area contributed by atoms with Gasteiger partial charge in [0.1, 0.15) is 18.5 Å². The SMILES string of the molecule is CCN(CC)C[C@H](O)COc1ccc(C(C)(C)C)cc1. The van der Waals surface area contributed by atoms with E-state index in [1.807, 2.05) is 12.1 Å². The molecule has 1 N–H and O–H groups in total. The molecule has 0 fully saturated rings. The minimum Gasteiger partial charge on any atom is -0.491 e. The minimum absolute atomic E-state index is 0.154. The molecule has 0 spiro atoms. The van der Waals surface area contributed by atoms with Crippen molar-refractivity contribution in [3.8, 4) is 5.75 Å². The Hall–Kier alpha value is -1.06. The number of benzene rings is 1. The zero-order valence-corrected chi connectivity index (χ0v) is 13.5. The Kier molecular flexibility index (Phi) is 6.50. The second kappa shape index (κ2) is 7.65. The maximum Gasteiger partial charge on any atom is 0.119 e. The average Bonchev–Trinajstić information content (AvgIpc) is 2.42. The van der Waals surface area contributed by atoms with Crippen LogP contribution in [0.4, 0.5) is 0 Å². The highest BCUT2D eigenvalue weighted by Gasteiger charge is 2.13. The van der Waals surface area contributed by atoms with Crippen molar-refractivity contribution < 1.29 is 9.84 Å². The number of hydrogen-bond donors (Lipinski definition) is 1. The van der Waals surface area contributed by atoms with E-state index in [9.17, 15) is 5.11 Å². The van der Waals surface area contributed by atoms with Crippen molar-refractivity contribution in [2.24, 2.45) is 0 Å². The summed E-state index contributed by atoms with van der Waals surface area (Å²) in [7, 11) is 0. The first-order valence-electron chi connectivity index (χ1n) is 7.50. The lowest BCUT2D eigenvalue weighted by molar-refractivity contribution is 0.0716. The summed E-state index contributed by atoms with van der Waals surface area (Å²) in [5, 5.41) is 9.96. The molecule has 0 amide bonds. The van der Waals surface area contributed by atoms with Crippen molar-refractivity contribution in [1.82, 2.24) is 4.90 Å². The van der Waals surface area contributed by atoms with Gasteiger partial charge in [0.05, 0.1) is 0 Å². The third kappa shape index (κ3) is 5.51. The molecule has 0 heterocycles. The van der Waals surface area contributed by atoms with Gasteiger partial charge in [0.15, 0.2) is 0 Å². The largest absolute Gasteiger partial charge is 0.491 e. The third-order valence-electron chi connectivity index (χ3n) is 3.53. The highest BCUT2D eigenvalue weighted by Crippen LogP contribution is 2.24. The lowest BCUT2D eigenvalue weighted by Crippen LogP contribution is -2.35. The third-order valence-corrected chi connectivity index (χ3v) is 3.53. The van der Waals surface area contributed by atoms with Gasteiger partial charge in [-0.3, -0.25) is 0 Å². The van der Waals surface area contributed by atoms with Crippen molar-refractivity contribution in [1.29, 1.82) is 0 Å². The van der Waals surface area contributed by atoms with Crippen molar-refractivity contribution in [3.63, 3.8) is 0 Å². The van der Waals surface area contributed by atoms with Crippen LogP contribution in [0.2, 0.25) is 0 Å². The maximum absolute atomic E-state index is 9.96. The first kappa shape index (κ1) is 17.0. The summed E-state index contributed by atoms with van der Waals surface area (Å²) in [6.07, 6.45) is -0.447. The summed E-state index contributed by atoms with van der Waals surface area (Å²) < 4.78 is 5.65. The summed E-state index contributed by atoms with van der Waals surface area (Å²) in [4.78, 5) is 2.19. The molecule has 0 saturated carbocycles. The van der Waals surface area contributed by atoms with Crippen LogP contribution >= 0.6 is 0 Å². The quantitative estimate of drug-likeness (QED) is 0.832. The maximum atomic E-state index is 9.96. The molecule has 0 aliphatic heterocycles. The van der Waals surface area contributed by atoms with Crippen LogP contribution in [-0.4, -0.2) is 42.4 Å². The van der Waals surface area contributed by atoms with E-state index in [1.165, 1.54) is 5.56 Å². The van der Waals surface area contributed by atoms with Gasteiger partial charge in [0.25, 0.3) is 0 Å². The molecule has 20 heavy (non-hydrogen) atoms. The van der Waals surface area contributed by atoms with Gasteiger partial charge < -0.3 is 14.7 Å². The van der Waals surface area contributed by atoms with Crippen LogP contribution in [0.25, 0.3) is 0 Å². The van der Waals surface area contributed by atoms with Crippen molar-refractivity contribution in [2.75, 3.05) is 26.2 Å². The fraction of sp³-hybridized carbons (Fsp3) is 0.647. The topological polar surface area (TPSA) is 32.7 Å². The first-order chi connectivity index (χ1) is 9.36. The summed E-state index contributed by atoms with van der Waals surface area (Å²) >= 11 is 0. The lowest BCUT2D eigenvalue weighted by Gasteiger charge is -2.22. The number of hydrogen-bond acceptors (Lipinski definition) is 3. The monoisotopic (exact) mass is 279 g/mol. The predicted octanol–water partition coefficient (Wildman–Crippen LogP) is 3.07. The van der Waals surface area contributed by atoms with E-state index < -0.39 is 6.10 Å². The molecule has 0 radical (unpaired) electrons. The Labute approximate surface area is 123 Å². The summed E-state index contributed by atoms with van der Waals surface area (Å²) in [6.45, 7) is 13.7. The van der Waals surface area contributed by atoms with Crippen LogP contribution < -0.4 is 4.74 Å². The Bertz CT molecular complexity index is 377. The van der Waals surface area contributed by atoms with Gasteiger partial charge in [-0.05, 0) is 36.2 Å². The molecule has 1 aromatic rings. The lowest BCUT2D eigenvalue weighted by atomic mass is 9.87. The van der Waals surface area contributed by atoms with E-state index in [-0.39, 0.29) is 5.41 Å². The normalized spacial score (nSPS) is 13.6. The fourth-order valence-electron chi connectivity index (χ4n) is 2.08. The molecule has 0 aromatic heterocycles. The van der Waals surface area contributed by atoms with Gasteiger partial charge in [0, 0.05) is 6.54 Å². The number of likely N-dealkylation sites (N-methyl/N-ethyl adjacent to an activating group) is 1. The van der Waals surface area contributed by atoms with Crippen LogP contribution in [0, 0.1) is 0 Å². The molecule has 114 valence electrons. The zero-order valence-electron chi connectivity index (χ0n) is 13.5. The van der Waals surface area contributed by atoms with Crippen molar-refractivity contribution >= 4 is 0 Å². The van der Waals surface area contributed by atoms with Crippen LogP contribution in [0.1, 0.15) is 40.2 Å². The Morgan fingerprint density at radius 2 is 1.65 bits per heavy atom. The van der Waals surface area contributed by atoms with Crippen molar-refractivity contribution in [3.05, 3.63) is 29.8 Å². The Morgan fingerprint density at radius 3 is 2.10 bits per heavy atom. The fourth-order valence-corrected chi connectivity index (χ4v) is 2.08. The van der Waals surface area contributed by atoms with Gasteiger partial charge in [-0.25, -0.2) is 0 Å². The summed E-state index contributed by atoms with van der Waals surface area (Å²) in [5.41, 5.74) is 1.44. The van der Waals surface area contributed by atoms with E-state index in [1.54, 1.807) is 0 Å². The standard InChI is InChI=1S/C17H29NO2/c1-6-18(7-2)12-15(19)13-20-16-10-8-14(9-11-16)17(3,4)5/h8-11,15,19H,6-7,12-13H2,1-5H3/t15-/m0/s1. The number of ether oxygens (including phenoxy) is 1. The molecular weight excluding hydrogens is 250 g/mol. The van der Waals surface area contributed by atoms with E-state index in [2.05, 4.69) is 51.7 Å². The second-order valence-electron chi connectivity index (χ2n) is 6.23. The molecular formula is C17H29NO2. The van der Waals surface area contributed by atoms with Crippen LogP contribution in [0.5, 0.6) is 5.75 Å². The number of rotatable bonds is 7. The molecule has 1 rings (SSSR count). The Balaban J connectivity index is 2.46. The molecule has 1 aromatic carbocycles. The number of aliphatic hydroxyl groups excluding tert-OH is 1. The molecule has 0 bridgehead atoms. The van der Waals surface area contributed by atoms with Crippen LogP contribution in [0.3, 0.4) is 0 Å². The molecule has 0 aliphatic rings. The molecule has 1 atom stereocenters. The van der Waals surface area contributed by atoms with E-state index in [4.69, 9.17) is 4.74 Å². The van der Waals surface area contributed by atoms with E-state index in [0.717, 1.165) is 18.8 Å². The first-order valence-corrected chi connectivity index (χ1v) is 7.50. The van der Waals surface area contributed by atoms with Gasteiger partial charge in [-0.1, -0.05) is 46.8 Å². The summed E-state index contributed by atoms with van der Waals surface area (Å²) in [5.74, 6) is 0.816. The molecule has 0 aliphatic carbocycles. The smallest absolute Gasteiger partial charge is 0.119 e. The van der Waals surface area contributed by atoms with Crippen molar-refractivity contribution in [2.45, 2.75) is 46.1 Å². The highest BCUT2D eigenvalue weighted by atomic mass is 16.5. The van der Waals surface area contributed by atoms with Gasteiger partial charge in [-0.15, -0.1) is 0 Å². The Morgan fingerprint density at radius 1 is 1.10 bits per heavy atom. The molecule has 3 heteroatoms. The number of aliphatic hydroxyl groups is 1. The average molecular weight is 279 g/mol. The van der Waals surface area contributed by atoms with E-state index in [0.29, 0.717) is 13.2 Å². The van der Waals surface area contributed by atoms with Gasteiger partial charge >= 0.3 is 0 Å². The molecule has 3 nitrogen and oxygen atoms in total. The van der Waals surface area contributed by atoms with Gasteiger partial charge in [-0.2, -0.15) is 0 Å². The van der Waals surface area contributed by atoms with Crippen LogP contribution in [-0.2, 0) is 5.41 Å². The predicted molar refractivity (Wildman–Crippen MR) is 84.4 cm³/mol. The van der Waals surface area contributed by atoms with E-state index >= 15 is 0 Å². The van der Waals surface area contributed by atoms with Gasteiger partial charge in [0.2, 0.25) is 0 Å². The molecule has 0 saturated heterocycles. The number of nitrogens with zero attached hydrogens (tertiary/aromatic N) is 1. The second-order valence-corrected chi connectivity index (χ2v) is 6.23. The summed E-state index contributed by atoms with van der Waals surface area (Å²) in [6, 6.07) is 8.13.